The molecular formula is C14H13NO3Se. The first-order valence-electron chi connectivity index (χ1n) is 5.97. The van der Waals surface area contributed by atoms with Crippen LogP contribution in [0.1, 0.15) is 12.8 Å². The van der Waals surface area contributed by atoms with E-state index in [1.807, 2.05) is 12.1 Å². The monoisotopic (exact) mass is 323 g/mol. The fourth-order valence-electron chi connectivity index (χ4n) is 1.64. The predicted molar refractivity (Wildman–Crippen MR) is 73.4 cm³/mol. The summed E-state index contributed by atoms with van der Waals surface area (Å²) in [6.07, 6.45) is 1.94. The average molecular weight is 322 g/mol. The zero-order valence-electron chi connectivity index (χ0n) is 10.3. The molecule has 0 atom stereocenters. The standard InChI is InChI=1S/C14H13NO3Se/c15-10-19-8-2-1-7-17-12-5-3-11-4-6-14(16)18-13(11)9-12/h3-6,9H,1-2,7-8H2. The van der Waals surface area contributed by atoms with Crippen molar-refractivity contribution < 1.29 is 9.15 Å². The number of fused-ring (bicyclic) bond motifs is 1. The summed E-state index contributed by atoms with van der Waals surface area (Å²) in [6, 6.07) is 8.60. The van der Waals surface area contributed by atoms with Crippen molar-refractivity contribution >= 4 is 25.9 Å². The van der Waals surface area contributed by atoms with Crippen LogP contribution in [-0.4, -0.2) is 21.6 Å². The summed E-state index contributed by atoms with van der Waals surface area (Å²) in [6.45, 7) is 0.615. The maximum atomic E-state index is 11.1. The zero-order chi connectivity index (χ0) is 13.5. The van der Waals surface area contributed by atoms with Gasteiger partial charge in [0, 0.05) is 0 Å². The number of unbranched alkanes of at least 4 members (excludes halogenated alkanes) is 1. The van der Waals surface area contributed by atoms with E-state index in [1.54, 1.807) is 12.1 Å². The second-order valence-corrected chi connectivity index (χ2v) is 5.79. The van der Waals surface area contributed by atoms with Gasteiger partial charge >= 0.3 is 117 Å². The van der Waals surface area contributed by atoms with Crippen LogP contribution in [0.5, 0.6) is 5.75 Å². The van der Waals surface area contributed by atoms with Gasteiger partial charge in [0.05, 0.1) is 0 Å². The molecule has 0 fully saturated rings. The first-order valence-corrected chi connectivity index (χ1v) is 8.04. The molecule has 1 aromatic carbocycles. The number of hydrogen-bond donors (Lipinski definition) is 0. The van der Waals surface area contributed by atoms with Crippen molar-refractivity contribution in [2.45, 2.75) is 18.2 Å². The third-order valence-electron chi connectivity index (χ3n) is 2.57. The fourth-order valence-corrected chi connectivity index (χ4v) is 2.57. The van der Waals surface area contributed by atoms with Crippen molar-refractivity contribution in [3.05, 3.63) is 40.8 Å². The summed E-state index contributed by atoms with van der Waals surface area (Å²) in [5, 5.41) is 10.3. The van der Waals surface area contributed by atoms with Gasteiger partial charge in [0.1, 0.15) is 0 Å². The second-order valence-electron chi connectivity index (χ2n) is 3.95. The molecule has 0 spiro atoms. The Morgan fingerprint density at radius 2 is 2.11 bits per heavy atom. The van der Waals surface area contributed by atoms with Crippen molar-refractivity contribution in [2.75, 3.05) is 6.61 Å². The van der Waals surface area contributed by atoms with Gasteiger partial charge in [-0.1, -0.05) is 0 Å². The van der Waals surface area contributed by atoms with Gasteiger partial charge in [-0.05, 0) is 0 Å². The fraction of sp³-hybridized carbons (Fsp3) is 0.286. The van der Waals surface area contributed by atoms with Gasteiger partial charge in [-0.3, -0.25) is 0 Å². The third-order valence-corrected chi connectivity index (χ3v) is 3.87. The van der Waals surface area contributed by atoms with Crippen LogP contribution in [-0.2, 0) is 0 Å². The van der Waals surface area contributed by atoms with Gasteiger partial charge in [0.2, 0.25) is 0 Å². The second kappa shape index (κ2) is 6.98. The molecule has 0 aliphatic carbocycles. The predicted octanol–water partition coefficient (Wildman–Crippen LogP) is 2.56. The topological polar surface area (TPSA) is 63.2 Å². The number of ether oxygens (including phenoxy) is 1. The van der Waals surface area contributed by atoms with Gasteiger partial charge in [-0.25, -0.2) is 0 Å². The number of hydrogen-bond acceptors (Lipinski definition) is 4. The summed E-state index contributed by atoms with van der Waals surface area (Å²) in [7, 11) is 0. The Labute approximate surface area is 117 Å². The average Bonchev–Trinajstić information content (AvgIpc) is 2.42. The normalized spacial score (nSPS) is 10.3. The van der Waals surface area contributed by atoms with Crippen molar-refractivity contribution in [1.82, 2.24) is 0 Å². The molecule has 0 unspecified atom stereocenters. The van der Waals surface area contributed by atoms with Crippen LogP contribution in [0.2, 0.25) is 5.32 Å². The van der Waals surface area contributed by atoms with Crippen molar-refractivity contribution in [1.29, 1.82) is 5.26 Å². The molecule has 2 rings (SSSR count). The molecular weight excluding hydrogens is 309 g/mol. The molecule has 5 heteroatoms. The third kappa shape index (κ3) is 4.13. The molecule has 0 saturated heterocycles. The molecule has 98 valence electrons. The van der Waals surface area contributed by atoms with E-state index >= 15 is 0 Å². The Morgan fingerprint density at radius 3 is 2.95 bits per heavy atom. The van der Waals surface area contributed by atoms with Crippen LogP contribution in [0.4, 0.5) is 0 Å². The summed E-state index contributed by atoms with van der Waals surface area (Å²) < 4.78 is 10.7. The van der Waals surface area contributed by atoms with E-state index in [0.29, 0.717) is 17.9 Å². The molecule has 0 amide bonds. The maximum absolute atomic E-state index is 11.1. The zero-order valence-corrected chi connectivity index (χ0v) is 12.0. The van der Waals surface area contributed by atoms with E-state index in [2.05, 4.69) is 4.97 Å². The van der Waals surface area contributed by atoms with Gasteiger partial charge in [0.15, 0.2) is 0 Å². The molecule has 0 saturated carbocycles. The van der Waals surface area contributed by atoms with Crippen LogP contribution >= 0.6 is 0 Å². The number of benzene rings is 1. The number of nitriles is 1. The van der Waals surface area contributed by atoms with Crippen LogP contribution in [0, 0.1) is 10.2 Å². The van der Waals surface area contributed by atoms with E-state index in [0.717, 1.165) is 23.5 Å². The minimum absolute atomic E-state index is 0.104. The summed E-state index contributed by atoms with van der Waals surface area (Å²) in [5.41, 5.74) is 0.182. The molecule has 4 nitrogen and oxygen atoms in total. The first-order chi connectivity index (χ1) is 9.29. The molecule has 2 aromatic rings. The Balaban J connectivity index is 1.91. The van der Waals surface area contributed by atoms with E-state index in [4.69, 9.17) is 14.4 Å². The summed E-state index contributed by atoms with van der Waals surface area (Å²) in [4.78, 5) is 13.3. The van der Waals surface area contributed by atoms with Crippen LogP contribution in [0.25, 0.3) is 11.0 Å². The Morgan fingerprint density at radius 1 is 1.26 bits per heavy atom. The van der Waals surface area contributed by atoms with E-state index in [9.17, 15) is 4.79 Å². The minimum atomic E-state index is -0.358. The number of nitrogens with zero attached hydrogens (tertiary/aromatic N) is 1. The van der Waals surface area contributed by atoms with Crippen molar-refractivity contribution in [3.8, 4) is 10.7 Å². The molecule has 1 heterocycles. The van der Waals surface area contributed by atoms with Crippen molar-refractivity contribution in [3.63, 3.8) is 0 Å². The molecule has 0 N–H and O–H groups in total. The van der Waals surface area contributed by atoms with Gasteiger partial charge in [0.25, 0.3) is 0 Å². The molecule has 19 heavy (non-hydrogen) atoms. The van der Waals surface area contributed by atoms with Crippen LogP contribution in [0.3, 0.4) is 0 Å². The SMILES string of the molecule is N#C[Se]CCCCOc1ccc2ccc(=O)oc2c1. The molecule has 0 aliphatic rings. The van der Waals surface area contributed by atoms with Gasteiger partial charge in [-0.2, -0.15) is 0 Å². The van der Waals surface area contributed by atoms with Crippen LogP contribution < -0.4 is 10.4 Å². The first kappa shape index (κ1) is 13.7. The Bertz CT molecular complexity index is 645. The van der Waals surface area contributed by atoms with Gasteiger partial charge in [-0.15, -0.1) is 0 Å². The molecule has 0 bridgehead atoms. The van der Waals surface area contributed by atoms with Gasteiger partial charge < -0.3 is 0 Å². The van der Waals surface area contributed by atoms with E-state index < -0.39 is 0 Å². The quantitative estimate of drug-likeness (QED) is 0.466. The Hall–Kier alpha value is -1.76. The molecule has 1 aromatic heterocycles. The summed E-state index contributed by atoms with van der Waals surface area (Å²) >= 11 is 0.104. The number of rotatable bonds is 6. The molecule has 0 radical (unpaired) electrons. The Kier molecular flexibility index (Phi) is 5.02. The summed E-state index contributed by atoms with van der Waals surface area (Å²) in [5.74, 6) is 0.702. The van der Waals surface area contributed by atoms with E-state index in [1.165, 1.54) is 6.07 Å². The van der Waals surface area contributed by atoms with Crippen LogP contribution in [0.15, 0.2) is 39.5 Å². The van der Waals surface area contributed by atoms with Crippen molar-refractivity contribution in [2.24, 2.45) is 0 Å². The molecule has 0 aliphatic heterocycles. The van der Waals surface area contributed by atoms with E-state index in [-0.39, 0.29) is 20.6 Å².